The van der Waals surface area contributed by atoms with E-state index in [1.54, 1.807) is 18.2 Å². The largest absolute Gasteiger partial charge is 0.285 e. The summed E-state index contributed by atoms with van der Waals surface area (Å²) in [4.78, 5) is 4.60. The van der Waals surface area contributed by atoms with Crippen molar-refractivity contribution in [2.75, 3.05) is 0 Å². The molecule has 1 radical (unpaired) electrons. The molecule has 23 heavy (non-hydrogen) atoms. The second-order valence-corrected chi connectivity index (χ2v) is 8.13. The molecule has 0 aliphatic rings. The number of benzene rings is 2. The summed E-state index contributed by atoms with van der Waals surface area (Å²) in [6.45, 7) is 2.03. The van der Waals surface area contributed by atoms with Crippen LogP contribution in [0.15, 0.2) is 36.4 Å². The van der Waals surface area contributed by atoms with Gasteiger partial charge in [0.15, 0.2) is 0 Å². The van der Waals surface area contributed by atoms with Crippen molar-refractivity contribution in [2.45, 2.75) is 18.6 Å². The first kappa shape index (κ1) is 16.4. The normalized spacial score (nSPS) is 13.3. The lowest BCUT2D eigenvalue weighted by Crippen LogP contribution is -2.01. The number of thiazole rings is 1. The van der Waals surface area contributed by atoms with Crippen molar-refractivity contribution in [3.8, 4) is 0 Å². The van der Waals surface area contributed by atoms with Gasteiger partial charge in [0, 0.05) is 17.0 Å². The molecule has 4 nitrogen and oxygen atoms in total. The predicted molar refractivity (Wildman–Crippen MR) is 92.7 cm³/mol. The van der Waals surface area contributed by atoms with Gasteiger partial charge in [-0.25, -0.2) is 4.98 Å². The van der Waals surface area contributed by atoms with E-state index in [0.29, 0.717) is 10.6 Å². The van der Waals surface area contributed by atoms with E-state index in [1.807, 2.05) is 25.1 Å². The second-order valence-electron chi connectivity index (χ2n) is 5.24. The number of halogens is 1. The lowest BCUT2D eigenvalue weighted by atomic mass is 10.0. The molecule has 1 unspecified atom stereocenters. The zero-order valence-electron chi connectivity index (χ0n) is 12.2. The second kappa shape index (κ2) is 6.20. The summed E-state index contributed by atoms with van der Waals surface area (Å²) in [5.74, 6) is -0.366. The van der Waals surface area contributed by atoms with E-state index >= 15 is 0 Å². The fraction of sp³-hybridized carbons (Fsp3) is 0.188. The van der Waals surface area contributed by atoms with Crippen LogP contribution in [0.5, 0.6) is 0 Å². The third-order valence-electron chi connectivity index (χ3n) is 3.52. The zero-order chi connectivity index (χ0) is 16.6. The van der Waals surface area contributed by atoms with Crippen molar-refractivity contribution >= 4 is 43.3 Å². The highest BCUT2D eigenvalue weighted by molar-refractivity contribution is 7.85. The average molecular weight is 367 g/mol. The fourth-order valence-electron chi connectivity index (χ4n) is 2.35. The van der Waals surface area contributed by atoms with Crippen LogP contribution >= 0.6 is 22.9 Å². The molecule has 0 saturated carbocycles. The molecule has 0 aliphatic carbocycles. The van der Waals surface area contributed by atoms with Gasteiger partial charge in [-0.2, -0.15) is 8.42 Å². The van der Waals surface area contributed by atoms with Crippen LogP contribution in [0, 0.1) is 6.07 Å². The topological polar surface area (TPSA) is 67.3 Å². The summed E-state index contributed by atoms with van der Waals surface area (Å²) in [7, 11) is -4.08. The molecule has 0 saturated heterocycles. The third kappa shape index (κ3) is 3.72. The summed E-state index contributed by atoms with van der Waals surface area (Å²) in [6, 6.07) is 13.8. The first-order valence-corrected chi connectivity index (χ1v) is 9.64. The Labute approximate surface area is 143 Å². The van der Waals surface area contributed by atoms with E-state index in [0.717, 1.165) is 20.8 Å². The standard InChI is InChI=1S/C16H13ClNO3S2/c1-10(11-5-7-13(17)8-6-11)16-18-14-4-2-3-12(15(14)22-16)9-23(19,20)21/h2-7,10H,9H2,1H3,(H,19,20,21). The minimum absolute atomic E-state index is 0.0412. The van der Waals surface area contributed by atoms with Gasteiger partial charge in [-0.1, -0.05) is 36.7 Å². The molecule has 0 amide bonds. The van der Waals surface area contributed by atoms with Gasteiger partial charge >= 0.3 is 0 Å². The maximum absolute atomic E-state index is 11.2. The molecule has 1 atom stereocenters. The van der Waals surface area contributed by atoms with Crippen molar-refractivity contribution < 1.29 is 13.0 Å². The molecule has 1 aromatic heterocycles. The Hall–Kier alpha value is -1.47. The Bertz CT molecular complexity index is 949. The third-order valence-corrected chi connectivity index (χ3v) is 5.76. The van der Waals surface area contributed by atoms with Crippen LogP contribution in [0.25, 0.3) is 10.2 Å². The molecular weight excluding hydrogens is 354 g/mol. The first-order valence-electron chi connectivity index (χ1n) is 6.84. The van der Waals surface area contributed by atoms with Gasteiger partial charge in [-0.3, -0.25) is 4.55 Å². The Kier molecular flexibility index (Phi) is 4.42. The predicted octanol–water partition coefficient (Wildman–Crippen LogP) is 4.29. The summed E-state index contributed by atoms with van der Waals surface area (Å²) < 4.78 is 32.2. The molecule has 0 fully saturated rings. The number of aromatic nitrogens is 1. The highest BCUT2D eigenvalue weighted by Crippen LogP contribution is 2.34. The highest BCUT2D eigenvalue weighted by Gasteiger charge is 2.17. The van der Waals surface area contributed by atoms with Gasteiger partial charge < -0.3 is 0 Å². The number of nitrogens with zero attached hydrogens (tertiary/aromatic N) is 1. The van der Waals surface area contributed by atoms with Crippen LogP contribution in [-0.4, -0.2) is 18.0 Å². The van der Waals surface area contributed by atoms with Crippen LogP contribution in [-0.2, 0) is 15.9 Å². The molecule has 0 spiro atoms. The summed E-state index contributed by atoms with van der Waals surface area (Å²) in [6.07, 6.45) is 0. The number of hydrogen-bond acceptors (Lipinski definition) is 4. The van der Waals surface area contributed by atoms with Crippen LogP contribution in [0.3, 0.4) is 0 Å². The van der Waals surface area contributed by atoms with Crippen LogP contribution in [0.2, 0.25) is 5.02 Å². The minimum atomic E-state index is -4.08. The van der Waals surface area contributed by atoms with Gasteiger partial charge in [0.1, 0.15) is 10.8 Å². The molecule has 0 bridgehead atoms. The van der Waals surface area contributed by atoms with Gasteiger partial charge in [-0.15, -0.1) is 11.3 Å². The van der Waals surface area contributed by atoms with E-state index in [9.17, 15) is 8.42 Å². The molecule has 1 N–H and O–H groups in total. The molecule has 7 heteroatoms. The smallest absolute Gasteiger partial charge is 0.269 e. The van der Waals surface area contributed by atoms with Gasteiger partial charge in [0.05, 0.1) is 10.2 Å². The van der Waals surface area contributed by atoms with Crippen LogP contribution in [0.4, 0.5) is 0 Å². The van der Waals surface area contributed by atoms with E-state index in [4.69, 9.17) is 16.2 Å². The lowest BCUT2D eigenvalue weighted by Gasteiger charge is -2.07. The Morgan fingerprint density at radius 3 is 2.78 bits per heavy atom. The van der Waals surface area contributed by atoms with Gasteiger partial charge in [0.25, 0.3) is 10.1 Å². The van der Waals surface area contributed by atoms with Crippen molar-refractivity contribution in [1.82, 2.24) is 4.98 Å². The average Bonchev–Trinajstić information content (AvgIpc) is 2.91. The van der Waals surface area contributed by atoms with Crippen LogP contribution in [0.1, 0.15) is 29.0 Å². The summed E-state index contributed by atoms with van der Waals surface area (Å²) >= 11 is 7.30. The quantitative estimate of drug-likeness (QED) is 0.699. The molecule has 0 aliphatic heterocycles. The first-order chi connectivity index (χ1) is 10.8. The number of hydrogen-bond donors (Lipinski definition) is 1. The Balaban J connectivity index is 2.03. The molecule has 1 heterocycles. The molecule has 119 valence electrons. The van der Waals surface area contributed by atoms with Crippen molar-refractivity contribution in [3.63, 3.8) is 0 Å². The van der Waals surface area contributed by atoms with Gasteiger partial charge in [0.2, 0.25) is 0 Å². The summed E-state index contributed by atoms with van der Waals surface area (Å²) in [5.41, 5.74) is 2.32. The van der Waals surface area contributed by atoms with Crippen molar-refractivity contribution in [2.24, 2.45) is 0 Å². The van der Waals surface area contributed by atoms with E-state index in [2.05, 4.69) is 11.1 Å². The number of rotatable bonds is 4. The van der Waals surface area contributed by atoms with E-state index in [-0.39, 0.29) is 5.92 Å². The monoisotopic (exact) mass is 366 g/mol. The SMILES string of the molecule is CC(c1c[c]c(Cl)cc1)c1nc2cccc(CS(=O)(=O)O)c2s1. The maximum Gasteiger partial charge on any atom is 0.269 e. The van der Waals surface area contributed by atoms with E-state index < -0.39 is 15.9 Å². The van der Waals surface area contributed by atoms with Crippen molar-refractivity contribution in [3.05, 3.63) is 63.6 Å². The Morgan fingerprint density at radius 1 is 1.35 bits per heavy atom. The highest BCUT2D eigenvalue weighted by atomic mass is 35.5. The van der Waals surface area contributed by atoms with Crippen molar-refractivity contribution in [1.29, 1.82) is 0 Å². The zero-order valence-corrected chi connectivity index (χ0v) is 14.5. The lowest BCUT2D eigenvalue weighted by molar-refractivity contribution is 0.482. The maximum atomic E-state index is 11.2. The fourth-order valence-corrected chi connectivity index (χ4v) is 4.35. The Morgan fingerprint density at radius 2 is 2.13 bits per heavy atom. The van der Waals surface area contributed by atoms with E-state index in [1.165, 1.54) is 11.3 Å². The molecule has 3 aromatic rings. The molecule has 2 aromatic carbocycles. The minimum Gasteiger partial charge on any atom is -0.285 e. The van der Waals surface area contributed by atoms with Crippen LogP contribution < -0.4 is 0 Å². The molecule has 3 rings (SSSR count). The molecular formula is C16H13ClNO3S2. The summed E-state index contributed by atoms with van der Waals surface area (Å²) in [5, 5.41) is 1.43. The van der Waals surface area contributed by atoms with Gasteiger partial charge in [-0.05, 0) is 29.3 Å². The number of fused-ring (bicyclic) bond motifs is 1.